The average molecular weight is 324 g/mol. The van der Waals surface area contributed by atoms with Crippen molar-refractivity contribution in [2.24, 2.45) is 5.92 Å². The summed E-state index contributed by atoms with van der Waals surface area (Å²) in [7, 11) is 0. The van der Waals surface area contributed by atoms with Crippen molar-refractivity contribution in [1.29, 1.82) is 0 Å². The normalized spacial score (nSPS) is 26.9. The van der Waals surface area contributed by atoms with Crippen LogP contribution in [0, 0.1) is 5.92 Å². The molecule has 2 heterocycles. The van der Waals surface area contributed by atoms with Crippen molar-refractivity contribution < 1.29 is 10.2 Å². The van der Waals surface area contributed by atoms with Gasteiger partial charge in [-0.2, -0.15) is 0 Å². The summed E-state index contributed by atoms with van der Waals surface area (Å²) < 4.78 is 1.91. The van der Waals surface area contributed by atoms with E-state index < -0.39 is 12.2 Å². The van der Waals surface area contributed by atoms with Crippen LogP contribution in [0.5, 0.6) is 0 Å². The van der Waals surface area contributed by atoms with E-state index in [1.54, 1.807) is 0 Å². The van der Waals surface area contributed by atoms with Crippen LogP contribution in [0.25, 0.3) is 11.0 Å². The van der Waals surface area contributed by atoms with Crippen LogP contribution in [0.15, 0.2) is 48.9 Å². The van der Waals surface area contributed by atoms with Crippen LogP contribution in [-0.2, 0) is 6.42 Å². The highest BCUT2D eigenvalue weighted by molar-refractivity contribution is 5.86. The number of nitrogens with zero attached hydrogens (tertiary/aromatic N) is 3. The molecule has 0 bridgehead atoms. The lowest BCUT2D eigenvalue weighted by Gasteiger charge is -2.19. The summed E-state index contributed by atoms with van der Waals surface area (Å²) in [5.74, 6) is 0.427. The highest BCUT2D eigenvalue weighted by atomic mass is 16.3. The number of hydrogen-bond acceptors (Lipinski definition) is 5. The predicted octanol–water partition coefficient (Wildman–Crippen LogP) is 1.54. The number of aliphatic hydroxyl groups excluding tert-OH is 2. The van der Waals surface area contributed by atoms with Crippen molar-refractivity contribution in [2.45, 2.75) is 31.1 Å². The molecule has 0 aliphatic heterocycles. The summed E-state index contributed by atoms with van der Waals surface area (Å²) in [6.07, 6.45) is 3.13. The van der Waals surface area contributed by atoms with Gasteiger partial charge in [-0.1, -0.05) is 30.3 Å². The lowest BCUT2D eigenvalue weighted by molar-refractivity contribution is 0.00683. The summed E-state index contributed by atoms with van der Waals surface area (Å²) in [5.41, 5.74) is 7.74. The Labute approximate surface area is 139 Å². The van der Waals surface area contributed by atoms with Crippen LogP contribution in [0.2, 0.25) is 0 Å². The first-order valence-electron chi connectivity index (χ1n) is 8.12. The molecular weight excluding hydrogens is 304 g/mol. The molecule has 0 saturated heterocycles. The number of aromatic nitrogens is 3. The largest absolute Gasteiger partial charge is 0.390 e. The van der Waals surface area contributed by atoms with Gasteiger partial charge in [-0.3, -0.25) is 0 Å². The molecule has 0 amide bonds. The molecule has 4 rings (SSSR count). The quantitative estimate of drug-likeness (QED) is 0.679. The van der Waals surface area contributed by atoms with Crippen LogP contribution in [0.4, 0.5) is 5.82 Å². The first kappa shape index (κ1) is 15.1. The van der Waals surface area contributed by atoms with E-state index in [0.717, 1.165) is 11.8 Å². The number of rotatable bonds is 3. The number of aliphatic hydroxyl groups is 2. The molecule has 4 N–H and O–H groups in total. The number of nitrogens with two attached hydrogens (primary N) is 1. The molecule has 2 aromatic heterocycles. The Bertz CT molecular complexity index is 849. The van der Waals surface area contributed by atoms with Gasteiger partial charge >= 0.3 is 0 Å². The zero-order valence-corrected chi connectivity index (χ0v) is 13.2. The average Bonchev–Trinajstić information content (AvgIpc) is 3.13. The Morgan fingerprint density at radius 2 is 1.88 bits per heavy atom. The van der Waals surface area contributed by atoms with Crippen LogP contribution in [0.1, 0.15) is 18.0 Å². The van der Waals surface area contributed by atoms with Crippen molar-refractivity contribution in [3.05, 3.63) is 54.5 Å². The van der Waals surface area contributed by atoms with Gasteiger partial charge in [0, 0.05) is 6.20 Å². The fraction of sp³-hybridized carbons (Fsp3) is 0.333. The molecular formula is C18H20N4O2. The fourth-order valence-corrected chi connectivity index (χ4v) is 3.75. The first-order chi connectivity index (χ1) is 11.6. The van der Waals surface area contributed by atoms with Gasteiger partial charge in [-0.15, -0.1) is 0 Å². The molecule has 1 aromatic carbocycles. The minimum Gasteiger partial charge on any atom is -0.390 e. The van der Waals surface area contributed by atoms with Crippen LogP contribution in [0.3, 0.4) is 0 Å². The number of fused-ring (bicyclic) bond motifs is 1. The van der Waals surface area contributed by atoms with Crippen molar-refractivity contribution in [3.63, 3.8) is 0 Å². The molecule has 1 aliphatic rings. The number of anilines is 1. The second kappa shape index (κ2) is 5.89. The molecule has 1 saturated carbocycles. The van der Waals surface area contributed by atoms with Crippen LogP contribution >= 0.6 is 0 Å². The van der Waals surface area contributed by atoms with E-state index in [9.17, 15) is 10.2 Å². The lowest BCUT2D eigenvalue weighted by Crippen LogP contribution is -2.30. The van der Waals surface area contributed by atoms with E-state index >= 15 is 0 Å². The SMILES string of the molecule is Nc1ncnc2c1ccn2[C@@H]1C[C@H](Cc2ccccc2)[C@@H](O)[C@H]1O. The molecule has 3 aromatic rings. The van der Waals surface area contributed by atoms with E-state index in [2.05, 4.69) is 9.97 Å². The van der Waals surface area contributed by atoms with Gasteiger partial charge in [0.1, 0.15) is 23.9 Å². The Kier molecular flexibility index (Phi) is 3.70. The monoisotopic (exact) mass is 324 g/mol. The molecule has 24 heavy (non-hydrogen) atoms. The third-order valence-electron chi connectivity index (χ3n) is 5.01. The standard InChI is InChI=1S/C18H20N4O2/c19-17-13-6-7-22(18(13)21-10-20-17)14-9-12(15(23)16(14)24)8-11-4-2-1-3-5-11/h1-7,10,12,14-16,23-24H,8-9H2,(H2,19,20,21)/t12-,14+,15+,16-/m0/s1. The van der Waals surface area contributed by atoms with Gasteiger partial charge in [0.25, 0.3) is 0 Å². The second-order valence-electron chi connectivity index (χ2n) is 6.45. The van der Waals surface area contributed by atoms with Crippen molar-refractivity contribution in [3.8, 4) is 0 Å². The van der Waals surface area contributed by atoms with E-state index in [1.807, 2.05) is 47.2 Å². The topological polar surface area (TPSA) is 97.2 Å². The van der Waals surface area contributed by atoms with Crippen molar-refractivity contribution >= 4 is 16.9 Å². The molecule has 1 aliphatic carbocycles. The van der Waals surface area contributed by atoms with Gasteiger partial charge < -0.3 is 20.5 Å². The minimum atomic E-state index is -0.828. The highest BCUT2D eigenvalue weighted by Crippen LogP contribution is 2.39. The summed E-state index contributed by atoms with van der Waals surface area (Å²) in [6, 6.07) is 11.7. The van der Waals surface area contributed by atoms with Crippen molar-refractivity contribution in [2.75, 3.05) is 5.73 Å². The molecule has 4 atom stereocenters. The molecule has 0 radical (unpaired) electrons. The van der Waals surface area contributed by atoms with E-state index in [4.69, 9.17) is 5.73 Å². The molecule has 1 fully saturated rings. The molecule has 0 unspecified atom stereocenters. The van der Waals surface area contributed by atoms with E-state index in [0.29, 0.717) is 17.9 Å². The fourth-order valence-electron chi connectivity index (χ4n) is 3.75. The molecule has 0 spiro atoms. The lowest BCUT2D eigenvalue weighted by atomic mass is 9.96. The van der Waals surface area contributed by atoms with Crippen LogP contribution < -0.4 is 5.73 Å². The summed E-state index contributed by atoms with van der Waals surface area (Å²) in [6.45, 7) is 0. The summed E-state index contributed by atoms with van der Waals surface area (Å²) >= 11 is 0. The molecule has 6 nitrogen and oxygen atoms in total. The summed E-state index contributed by atoms with van der Waals surface area (Å²) in [4.78, 5) is 8.29. The number of nitrogen functional groups attached to an aromatic ring is 1. The van der Waals surface area contributed by atoms with Gasteiger partial charge in [-0.25, -0.2) is 9.97 Å². The maximum Gasteiger partial charge on any atom is 0.145 e. The Morgan fingerprint density at radius 3 is 2.67 bits per heavy atom. The maximum absolute atomic E-state index is 10.6. The second-order valence-corrected chi connectivity index (χ2v) is 6.45. The highest BCUT2D eigenvalue weighted by Gasteiger charge is 2.42. The van der Waals surface area contributed by atoms with Crippen molar-refractivity contribution in [1.82, 2.24) is 14.5 Å². The number of benzene rings is 1. The first-order valence-corrected chi connectivity index (χ1v) is 8.12. The summed E-state index contributed by atoms with van der Waals surface area (Å²) in [5, 5.41) is 21.8. The third kappa shape index (κ3) is 2.44. The minimum absolute atomic E-state index is 0.00374. The Balaban J connectivity index is 1.63. The molecule has 124 valence electrons. The maximum atomic E-state index is 10.6. The Morgan fingerprint density at radius 1 is 1.08 bits per heavy atom. The Hall–Kier alpha value is -2.44. The zero-order valence-electron chi connectivity index (χ0n) is 13.2. The predicted molar refractivity (Wildman–Crippen MR) is 91.2 cm³/mol. The van der Waals surface area contributed by atoms with E-state index in [-0.39, 0.29) is 12.0 Å². The van der Waals surface area contributed by atoms with Crippen LogP contribution in [-0.4, -0.2) is 37.0 Å². The van der Waals surface area contributed by atoms with Gasteiger partial charge in [0.05, 0.1) is 17.5 Å². The molecule has 6 heteroatoms. The zero-order chi connectivity index (χ0) is 16.7. The van der Waals surface area contributed by atoms with Gasteiger partial charge in [0.2, 0.25) is 0 Å². The number of hydrogen-bond donors (Lipinski definition) is 3. The van der Waals surface area contributed by atoms with Gasteiger partial charge in [-0.05, 0) is 30.4 Å². The third-order valence-corrected chi connectivity index (χ3v) is 5.01. The smallest absolute Gasteiger partial charge is 0.145 e. The van der Waals surface area contributed by atoms with E-state index in [1.165, 1.54) is 11.9 Å². The van der Waals surface area contributed by atoms with Gasteiger partial charge in [0.15, 0.2) is 0 Å².